The Kier molecular flexibility index (Phi) is 4.92. The summed E-state index contributed by atoms with van der Waals surface area (Å²) in [7, 11) is 0. The van der Waals surface area contributed by atoms with Gasteiger partial charge in [-0.1, -0.05) is 0 Å². The molecular formula is C13H15N3O3S2. The van der Waals surface area contributed by atoms with Crippen LogP contribution in [-0.4, -0.2) is 22.1 Å². The number of nitrogens with one attached hydrogen (secondary N) is 2. The zero-order valence-electron chi connectivity index (χ0n) is 11.6. The molecule has 2 heterocycles. The molecule has 21 heavy (non-hydrogen) atoms. The molecule has 2 aromatic rings. The van der Waals surface area contributed by atoms with E-state index in [0.717, 1.165) is 4.88 Å². The van der Waals surface area contributed by atoms with Crippen molar-refractivity contribution in [3.8, 4) is 0 Å². The topological polar surface area (TPSA) is 91.3 Å². The first kappa shape index (κ1) is 15.5. The van der Waals surface area contributed by atoms with Crippen LogP contribution in [0.5, 0.6) is 0 Å². The Balaban J connectivity index is 1.77. The van der Waals surface area contributed by atoms with Crippen LogP contribution in [-0.2, 0) is 13.1 Å². The standard InChI is InChI=1S/C13H15N3O3S2/c1-7-3-9(21-8(7)2)4-14-13(19)15-5-11-16-10(6-20-11)12(17)18/h3,6H,4-5H2,1-2H3,(H,17,18)(H2,14,15,19). The molecule has 0 saturated heterocycles. The van der Waals surface area contributed by atoms with Gasteiger partial charge in [0.25, 0.3) is 0 Å². The monoisotopic (exact) mass is 325 g/mol. The third-order valence-electron chi connectivity index (χ3n) is 2.81. The van der Waals surface area contributed by atoms with E-state index in [-0.39, 0.29) is 18.3 Å². The lowest BCUT2D eigenvalue weighted by Gasteiger charge is -2.04. The predicted octanol–water partition coefficient (Wildman–Crippen LogP) is 2.52. The first-order chi connectivity index (χ1) is 9.95. The third-order valence-corrected chi connectivity index (χ3v) is 4.81. The maximum absolute atomic E-state index is 11.7. The van der Waals surface area contributed by atoms with Crippen LogP contribution in [0, 0.1) is 13.8 Å². The van der Waals surface area contributed by atoms with Crippen molar-refractivity contribution in [1.82, 2.24) is 15.6 Å². The van der Waals surface area contributed by atoms with Gasteiger partial charge in [-0.2, -0.15) is 0 Å². The molecule has 0 aliphatic carbocycles. The SMILES string of the molecule is Cc1cc(CNC(=O)NCc2nc(C(=O)O)cs2)sc1C. The van der Waals surface area contributed by atoms with Crippen LogP contribution in [0.1, 0.15) is 30.8 Å². The number of thiazole rings is 1. The Morgan fingerprint density at radius 3 is 2.57 bits per heavy atom. The fourth-order valence-electron chi connectivity index (χ4n) is 1.61. The van der Waals surface area contributed by atoms with Gasteiger partial charge < -0.3 is 15.7 Å². The number of thiophene rings is 1. The second kappa shape index (κ2) is 6.68. The molecule has 0 aliphatic heterocycles. The van der Waals surface area contributed by atoms with Crippen molar-refractivity contribution >= 4 is 34.7 Å². The van der Waals surface area contributed by atoms with Gasteiger partial charge in [-0.15, -0.1) is 22.7 Å². The van der Waals surface area contributed by atoms with E-state index in [1.54, 1.807) is 11.3 Å². The molecule has 6 nitrogen and oxygen atoms in total. The lowest BCUT2D eigenvalue weighted by molar-refractivity contribution is 0.0691. The summed E-state index contributed by atoms with van der Waals surface area (Å²) in [4.78, 5) is 28.6. The van der Waals surface area contributed by atoms with Crippen LogP contribution in [0.15, 0.2) is 11.4 Å². The fraction of sp³-hybridized carbons (Fsp3) is 0.308. The van der Waals surface area contributed by atoms with E-state index in [1.165, 1.54) is 27.2 Å². The van der Waals surface area contributed by atoms with Crippen molar-refractivity contribution in [2.24, 2.45) is 0 Å². The second-order valence-electron chi connectivity index (χ2n) is 4.42. The highest BCUT2D eigenvalue weighted by Crippen LogP contribution is 2.20. The van der Waals surface area contributed by atoms with Gasteiger partial charge in [0.1, 0.15) is 5.01 Å². The van der Waals surface area contributed by atoms with Crippen LogP contribution in [0.4, 0.5) is 4.79 Å². The number of aryl methyl sites for hydroxylation is 2. The number of urea groups is 1. The van der Waals surface area contributed by atoms with Gasteiger partial charge in [0.2, 0.25) is 0 Å². The molecular weight excluding hydrogens is 310 g/mol. The molecule has 0 spiro atoms. The second-order valence-corrected chi connectivity index (χ2v) is 6.70. The summed E-state index contributed by atoms with van der Waals surface area (Å²) in [6, 6.07) is 1.76. The molecule has 0 saturated carbocycles. The minimum absolute atomic E-state index is 0.00161. The maximum atomic E-state index is 11.7. The summed E-state index contributed by atoms with van der Waals surface area (Å²) in [5.41, 5.74) is 1.22. The van der Waals surface area contributed by atoms with Crippen LogP contribution in [0.3, 0.4) is 0 Å². The van der Waals surface area contributed by atoms with E-state index in [1.807, 2.05) is 13.8 Å². The van der Waals surface area contributed by atoms with Crippen molar-refractivity contribution in [2.75, 3.05) is 0 Å². The van der Waals surface area contributed by atoms with Crippen molar-refractivity contribution in [3.63, 3.8) is 0 Å². The minimum Gasteiger partial charge on any atom is -0.476 e. The van der Waals surface area contributed by atoms with Crippen molar-refractivity contribution in [1.29, 1.82) is 0 Å². The number of carboxylic acid groups (broad SMARTS) is 1. The summed E-state index contributed by atoms with van der Waals surface area (Å²) in [6.45, 7) is 4.78. The Bertz CT molecular complexity index is 644. The molecule has 0 atom stereocenters. The first-order valence-electron chi connectivity index (χ1n) is 6.21. The van der Waals surface area contributed by atoms with Gasteiger partial charge in [0.05, 0.1) is 13.1 Å². The van der Waals surface area contributed by atoms with E-state index >= 15 is 0 Å². The number of carbonyl (C=O) groups is 2. The number of rotatable bonds is 5. The van der Waals surface area contributed by atoms with E-state index < -0.39 is 5.97 Å². The maximum Gasteiger partial charge on any atom is 0.355 e. The molecule has 0 aliphatic rings. The first-order valence-corrected chi connectivity index (χ1v) is 7.90. The molecule has 0 bridgehead atoms. The fourth-order valence-corrected chi connectivity index (χ4v) is 3.31. The van der Waals surface area contributed by atoms with E-state index in [0.29, 0.717) is 11.6 Å². The summed E-state index contributed by atoms with van der Waals surface area (Å²) in [5, 5.41) is 16.2. The highest BCUT2D eigenvalue weighted by Gasteiger charge is 2.09. The smallest absolute Gasteiger partial charge is 0.355 e. The number of aromatic nitrogens is 1. The number of carbonyl (C=O) groups excluding carboxylic acids is 1. The average molecular weight is 325 g/mol. The van der Waals surface area contributed by atoms with Gasteiger partial charge in [0.15, 0.2) is 5.69 Å². The number of amides is 2. The number of hydrogen-bond donors (Lipinski definition) is 3. The van der Waals surface area contributed by atoms with Gasteiger partial charge in [-0.25, -0.2) is 14.6 Å². The molecule has 8 heteroatoms. The molecule has 2 rings (SSSR count). The molecule has 112 valence electrons. The summed E-state index contributed by atoms with van der Waals surface area (Å²) < 4.78 is 0. The number of carboxylic acids is 1. The molecule has 0 fully saturated rings. The average Bonchev–Trinajstić information content (AvgIpc) is 3.02. The number of nitrogens with zero attached hydrogens (tertiary/aromatic N) is 1. The summed E-state index contributed by atoms with van der Waals surface area (Å²) in [5.74, 6) is -1.06. The zero-order valence-corrected chi connectivity index (χ0v) is 13.2. The molecule has 2 amide bonds. The van der Waals surface area contributed by atoms with Gasteiger partial charge in [-0.05, 0) is 25.5 Å². The van der Waals surface area contributed by atoms with Crippen molar-refractivity contribution < 1.29 is 14.7 Å². The molecule has 0 unspecified atom stereocenters. The largest absolute Gasteiger partial charge is 0.476 e. The Labute approximate surface area is 129 Å². The van der Waals surface area contributed by atoms with Crippen LogP contribution >= 0.6 is 22.7 Å². The van der Waals surface area contributed by atoms with Crippen molar-refractivity contribution in [2.45, 2.75) is 26.9 Å². The Morgan fingerprint density at radius 2 is 2.00 bits per heavy atom. The van der Waals surface area contributed by atoms with Crippen LogP contribution < -0.4 is 10.6 Å². The molecule has 2 aromatic heterocycles. The number of hydrogen-bond acceptors (Lipinski definition) is 5. The normalized spacial score (nSPS) is 10.4. The highest BCUT2D eigenvalue weighted by molar-refractivity contribution is 7.12. The zero-order chi connectivity index (χ0) is 15.4. The third kappa shape index (κ3) is 4.27. The van der Waals surface area contributed by atoms with Crippen LogP contribution in [0.2, 0.25) is 0 Å². The highest BCUT2D eigenvalue weighted by atomic mass is 32.1. The summed E-state index contributed by atoms with van der Waals surface area (Å²) >= 11 is 2.87. The molecule has 0 radical (unpaired) electrons. The van der Waals surface area contributed by atoms with E-state index in [4.69, 9.17) is 5.11 Å². The minimum atomic E-state index is -1.06. The van der Waals surface area contributed by atoms with Gasteiger partial charge in [-0.3, -0.25) is 0 Å². The summed E-state index contributed by atoms with van der Waals surface area (Å²) in [6.07, 6.45) is 0. The Hall–Kier alpha value is -1.93. The van der Waals surface area contributed by atoms with Gasteiger partial charge in [0, 0.05) is 15.1 Å². The predicted molar refractivity (Wildman–Crippen MR) is 81.9 cm³/mol. The lowest BCUT2D eigenvalue weighted by Crippen LogP contribution is -2.34. The van der Waals surface area contributed by atoms with Crippen molar-refractivity contribution in [3.05, 3.63) is 37.5 Å². The van der Waals surface area contributed by atoms with E-state index in [2.05, 4.69) is 21.7 Å². The lowest BCUT2D eigenvalue weighted by atomic mass is 10.3. The molecule has 3 N–H and O–H groups in total. The molecule has 0 aromatic carbocycles. The Morgan fingerprint density at radius 1 is 1.29 bits per heavy atom. The van der Waals surface area contributed by atoms with Gasteiger partial charge >= 0.3 is 12.0 Å². The van der Waals surface area contributed by atoms with Crippen LogP contribution in [0.25, 0.3) is 0 Å². The number of aromatic carboxylic acids is 1. The quantitative estimate of drug-likeness (QED) is 0.788. The van der Waals surface area contributed by atoms with E-state index in [9.17, 15) is 9.59 Å².